The molecule has 1 rings (SSSR count). The SMILES string of the molecule is C#CCNc1ncc(Br)cc1N. The molecule has 0 atom stereocenters. The van der Waals surface area contributed by atoms with Crippen LogP contribution in [0, 0.1) is 12.3 Å². The smallest absolute Gasteiger partial charge is 0.149 e. The number of pyridine rings is 1. The molecule has 0 fully saturated rings. The lowest BCUT2D eigenvalue weighted by Crippen LogP contribution is -2.03. The van der Waals surface area contributed by atoms with Crippen molar-refractivity contribution in [1.82, 2.24) is 4.98 Å². The summed E-state index contributed by atoms with van der Waals surface area (Å²) in [5, 5.41) is 2.90. The van der Waals surface area contributed by atoms with Crippen LogP contribution in [0.2, 0.25) is 0 Å². The number of aromatic nitrogens is 1. The number of rotatable bonds is 2. The number of nitrogens with zero attached hydrogens (tertiary/aromatic N) is 1. The molecule has 3 N–H and O–H groups in total. The molecule has 1 aromatic heterocycles. The van der Waals surface area contributed by atoms with Crippen LogP contribution in [0.25, 0.3) is 0 Å². The quantitative estimate of drug-likeness (QED) is 0.750. The van der Waals surface area contributed by atoms with E-state index in [1.807, 2.05) is 0 Å². The lowest BCUT2D eigenvalue weighted by Gasteiger charge is -2.04. The minimum Gasteiger partial charge on any atom is -0.396 e. The van der Waals surface area contributed by atoms with Crippen LogP contribution in [-0.2, 0) is 0 Å². The third kappa shape index (κ3) is 2.14. The summed E-state index contributed by atoms with van der Waals surface area (Å²) < 4.78 is 0.853. The van der Waals surface area contributed by atoms with Gasteiger partial charge in [-0.1, -0.05) is 5.92 Å². The number of hydrogen-bond acceptors (Lipinski definition) is 3. The molecule has 3 nitrogen and oxygen atoms in total. The average molecular weight is 226 g/mol. The van der Waals surface area contributed by atoms with Crippen LogP contribution in [0.5, 0.6) is 0 Å². The number of nitrogens with one attached hydrogen (secondary N) is 1. The molecule has 0 aliphatic carbocycles. The molecule has 12 heavy (non-hydrogen) atoms. The van der Waals surface area contributed by atoms with E-state index in [0.29, 0.717) is 18.1 Å². The summed E-state index contributed by atoms with van der Waals surface area (Å²) in [4.78, 5) is 4.04. The molecule has 0 spiro atoms. The Balaban J connectivity index is 2.81. The van der Waals surface area contributed by atoms with Crippen LogP contribution in [-0.4, -0.2) is 11.5 Å². The van der Waals surface area contributed by atoms with E-state index in [1.165, 1.54) is 0 Å². The van der Waals surface area contributed by atoms with Crippen molar-refractivity contribution < 1.29 is 0 Å². The second kappa shape index (κ2) is 3.98. The van der Waals surface area contributed by atoms with Crippen molar-refractivity contribution in [2.24, 2.45) is 0 Å². The molecule has 0 aliphatic rings. The summed E-state index contributed by atoms with van der Waals surface area (Å²) in [6, 6.07) is 1.77. The number of anilines is 2. The Morgan fingerprint density at radius 2 is 2.50 bits per heavy atom. The molecule has 0 amide bonds. The van der Waals surface area contributed by atoms with Crippen molar-refractivity contribution in [2.45, 2.75) is 0 Å². The van der Waals surface area contributed by atoms with Crippen LogP contribution < -0.4 is 11.1 Å². The van der Waals surface area contributed by atoms with Crippen LogP contribution in [0.3, 0.4) is 0 Å². The van der Waals surface area contributed by atoms with Gasteiger partial charge in [-0.2, -0.15) is 0 Å². The molecule has 0 radical (unpaired) electrons. The largest absolute Gasteiger partial charge is 0.396 e. The molecule has 62 valence electrons. The van der Waals surface area contributed by atoms with Crippen LogP contribution in [0.15, 0.2) is 16.7 Å². The van der Waals surface area contributed by atoms with Gasteiger partial charge in [-0.15, -0.1) is 6.42 Å². The van der Waals surface area contributed by atoms with Crippen molar-refractivity contribution in [2.75, 3.05) is 17.6 Å². The predicted molar refractivity (Wildman–Crippen MR) is 53.7 cm³/mol. The zero-order valence-electron chi connectivity index (χ0n) is 6.34. The molecule has 0 aromatic carbocycles. The summed E-state index contributed by atoms with van der Waals surface area (Å²) in [5.74, 6) is 3.06. The first-order chi connectivity index (χ1) is 5.74. The number of nitrogen functional groups attached to an aromatic ring is 1. The fourth-order valence-corrected chi connectivity index (χ4v) is 1.09. The predicted octanol–water partition coefficient (Wildman–Crippen LogP) is 1.47. The van der Waals surface area contributed by atoms with Crippen molar-refractivity contribution in [3.63, 3.8) is 0 Å². The van der Waals surface area contributed by atoms with Gasteiger partial charge in [0.25, 0.3) is 0 Å². The van der Waals surface area contributed by atoms with Gasteiger partial charge in [-0.05, 0) is 22.0 Å². The van der Waals surface area contributed by atoms with E-state index in [4.69, 9.17) is 12.2 Å². The first kappa shape index (κ1) is 8.88. The van der Waals surface area contributed by atoms with Crippen LogP contribution in [0.1, 0.15) is 0 Å². The summed E-state index contributed by atoms with van der Waals surface area (Å²) in [6.45, 7) is 0.429. The molecule has 0 aliphatic heterocycles. The minimum absolute atomic E-state index is 0.429. The third-order valence-corrected chi connectivity index (χ3v) is 1.68. The van der Waals surface area contributed by atoms with Crippen molar-refractivity contribution in [1.29, 1.82) is 0 Å². The highest BCUT2D eigenvalue weighted by Crippen LogP contribution is 2.19. The van der Waals surface area contributed by atoms with Gasteiger partial charge in [-0.3, -0.25) is 0 Å². The van der Waals surface area contributed by atoms with E-state index < -0.39 is 0 Å². The minimum atomic E-state index is 0.429. The van der Waals surface area contributed by atoms with Gasteiger partial charge in [0.05, 0.1) is 12.2 Å². The second-order valence-electron chi connectivity index (χ2n) is 2.15. The zero-order chi connectivity index (χ0) is 8.97. The standard InChI is InChI=1S/C8H8BrN3/c1-2-3-11-8-7(10)4-6(9)5-12-8/h1,4-5H,3,10H2,(H,11,12). The number of hydrogen-bond donors (Lipinski definition) is 2. The van der Waals surface area contributed by atoms with Gasteiger partial charge in [0.2, 0.25) is 0 Å². The Bertz CT molecular complexity index is 317. The highest BCUT2D eigenvalue weighted by Gasteiger charge is 1.98. The number of halogens is 1. The molecular formula is C8H8BrN3. The summed E-state index contributed by atoms with van der Waals surface area (Å²) in [7, 11) is 0. The Morgan fingerprint density at radius 1 is 1.75 bits per heavy atom. The molecule has 0 saturated heterocycles. The van der Waals surface area contributed by atoms with E-state index in [-0.39, 0.29) is 0 Å². The molecular weight excluding hydrogens is 218 g/mol. The summed E-state index contributed by atoms with van der Waals surface area (Å²) >= 11 is 3.25. The maximum absolute atomic E-state index is 5.64. The molecule has 1 aromatic rings. The van der Waals surface area contributed by atoms with E-state index in [0.717, 1.165) is 4.47 Å². The highest BCUT2D eigenvalue weighted by molar-refractivity contribution is 9.10. The zero-order valence-corrected chi connectivity index (χ0v) is 7.93. The van der Waals surface area contributed by atoms with Gasteiger partial charge in [0.1, 0.15) is 5.82 Å². The van der Waals surface area contributed by atoms with E-state index >= 15 is 0 Å². The van der Waals surface area contributed by atoms with Gasteiger partial charge in [0, 0.05) is 10.7 Å². The third-order valence-electron chi connectivity index (χ3n) is 1.24. The van der Waals surface area contributed by atoms with Crippen molar-refractivity contribution >= 4 is 27.4 Å². The second-order valence-corrected chi connectivity index (χ2v) is 3.06. The van der Waals surface area contributed by atoms with E-state index in [1.54, 1.807) is 12.3 Å². The van der Waals surface area contributed by atoms with Gasteiger partial charge in [-0.25, -0.2) is 4.98 Å². The lowest BCUT2D eigenvalue weighted by atomic mass is 10.4. The van der Waals surface area contributed by atoms with Gasteiger partial charge in [0.15, 0.2) is 0 Å². The summed E-state index contributed by atoms with van der Waals surface area (Å²) in [5.41, 5.74) is 6.22. The molecule has 0 unspecified atom stereocenters. The van der Waals surface area contributed by atoms with E-state index in [2.05, 4.69) is 32.2 Å². The Morgan fingerprint density at radius 3 is 3.08 bits per heavy atom. The topological polar surface area (TPSA) is 50.9 Å². The normalized spacial score (nSPS) is 9.00. The Kier molecular flexibility index (Phi) is 2.94. The van der Waals surface area contributed by atoms with Gasteiger partial charge < -0.3 is 11.1 Å². The van der Waals surface area contributed by atoms with Gasteiger partial charge >= 0.3 is 0 Å². The number of nitrogens with two attached hydrogens (primary N) is 1. The maximum atomic E-state index is 5.64. The summed E-state index contributed by atoms with van der Waals surface area (Å²) in [6.07, 6.45) is 6.73. The fraction of sp³-hybridized carbons (Fsp3) is 0.125. The van der Waals surface area contributed by atoms with Crippen molar-refractivity contribution in [3.8, 4) is 12.3 Å². The van der Waals surface area contributed by atoms with Crippen LogP contribution >= 0.6 is 15.9 Å². The number of terminal acetylenes is 1. The molecule has 0 saturated carbocycles. The molecule has 4 heteroatoms. The lowest BCUT2D eigenvalue weighted by molar-refractivity contribution is 1.24. The first-order valence-electron chi connectivity index (χ1n) is 3.32. The Labute approximate surface area is 79.5 Å². The van der Waals surface area contributed by atoms with Crippen LogP contribution in [0.4, 0.5) is 11.5 Å². The van der Waals surface area contributed by atoms with Crippen molar-refractivity contribution in [3.05, 3.63) is 16.7 Å². The molecule has 1 heterocycles. The Hall–Kier alpha value is -1.21. The first-order valence-corrected chi connectivity index (χ1v) is 4.11. The highest BCUT2D eigenvalue weighted by atomic mass is 79.9. The van der Waals surface area contributed by atoms with E-state index in [9.17, 15) is 0 Å². The maximum Gasteiger partial charge on any atom is 0.149 e. The average Bonchev–Trinajstić information content (AvgIpc) is 2.03. The fourth-order valence-electron chi connectivity index (χ4n) is 0.737. The monoisotopic (exact) mass is 225 g/mol. The molecule has 0 bridgehead atoms.